The fourth-order valence-corrected chi connectivity index (χ4v) is 4.09. The summed E-state index contributed by atoms with van der Waals surface area (Å²) in [5.74, 6) is 0. The van der Waals surface area contributed by atoms with Crippen molar-refractivity contribution >= 4 is 11.7 Å². The van der Waals surface area contributed by atoms with Gasteiger partial charge in [0.1, 0.15) is 0 Å². The van der Waals surface area contributed by atoms with Crippen molar-refractivity contribution in [2.75, 3.05) is 25.1 Å². The second kappa shape index (κ2) is 9.20. The van der Waals surface area contributed by atoms with Crippen molar-refractivity contribution in [3.63, 3.8) is 0 Å². The van der Waals surface area contributed by atoms with E-state index in [0.717, 1.165) is 18.5 Å². The summed E-state index contributed by atoms with van der Waals surface area (Å²) in [6.45, 7) is 2.10. The molecule has 1 aliphatic carbocycles. The zero-order valence-electron chi connectivity index (χ0n) is 15.0. The number of urea groups is 1. The predicted molar refractivity (Wildman–Crippen MR) is 98.5 cm³/mol. The summed E-state index contributed by atoms with van der Waals surface area (Å²) in [7, 11) is 0. The predicted octanol–water partition coefficient (Wildman–Crippen LogP) is 4.30. The smallest absolute Gasteiger partial charge is 0.319 e. The Labute approximate surface area is 150 Å². The molecular weight excluding hydrogens is 316 g/mol. The molecule has 2 N–H and O–H groups in total. The van der Waals surface area contributed by atoms with Crippen LogP contribution >= 0.6 is 0 Å². The summed E-state index contributed by atoms with van der Waals surface area (Å²) in [4.78, 5) is 12.0. The van der Waals surface area contributed by atoms with Crippen LogP contribution in [-0.4, -0.2) is 32.1 Å². The van der Waals surface area contributed by atoms with Crippen LogP contribution in [0.2, 0.25) is 0 Å². The van der Waals surface area contributed by atoms with Gasteiger partial charge in [-0.05, 0) is 37.8 Å². The number of carbonyl (C=O) groups is 1. The number of carbonyl (C=O) groups excluding carboxylic acids is 1. The molecule has 1 heterocycles. The Balaban J connectivity index is 1.45. The monoisotopic (exact) mass is 346 g/mol. The zero-order valence-corrected chi connectivity index (χ0v) is 15.0. The fraction of sp³-hybridized carbons (Fsp3) is 0.650. The standard InChI is InChI=1S/C20H30N2O3/c23-19(22-17-9-4-3-5-10-17)21-14-8-13-20(18-24-15-16-25-18)11-6-1-2-7-12-20/h3-5,9-10,18H,1-2,6-8,11-16H2,(H2,21,22,23). The van der Waals surface area contributed by atoms with Gasteiger partial charge in [-0.3, -0.25) is 0 Å². The molecule has 1 saturated heterocycles. The summed E-state index contributed by atoms with van der Waals surface area (Å²) >= 11 is 0. The van der Waals surface area contributed by atoms with E-state index in [1.54, 1.807) is 0 Å². The molecule has 2 fully saturated rings. The number of rotatable bonds is 6. The molecule has 1 aromatic carbocycles. The Morgan fingerprint density at radius 2 is 1.72 bits per heavy atom. The van der Waals surface area contributed by atoms with Crippen LogP contribution in [0, 0.1) is 5.41 Å². The van der Waals surface area contributed by atoms with Crippen molar-refractivity contribution in [3.05, 3.63) is 30.3 Å². The molecule has 1 aliphatic heterocycles. The first-order chi connectivity index (χ1) is 12.3. The first kappa shape index (κ1) is 18.2. The second-order valence-electron chi connectivity index (χ2n) is 7.20. The Bertz CT molecular complexity index is 521. The van der Waals surface area contributed by atoms with Gasteiger partial charge in [-0.2, -0.15) is 0 Å². The lowest BCUT2D eigenvalue weighted by Gasteiger charge is -2.37. The van der Waals surface area contributed by atoms with Crippen LogP contribution < -0.4 is 10.6 Å². The van der Waals surface area contributed by atoms with Crippen LogP contribution in [0.4, 0.5) is 10.5 Å². The highest BCUT2D eigenvalue weighted by Gasteiger charge is 2.41. The number of para-hydroxylation sites is 1. The van der Waals surface area contributed by atoms with Crippen molar-refractivity contribution in [1.29, 1.82) is 0 Å². The zero-order chi connectivity index (χ0) is 17.4. The van der Waals surface area contributed by atoms with Gasteiger partial charge in [0.25, 0.3) is 0 Å². The third-order valence-electron chi connectivity index (χ3n) is 5.39. The number of hydrogen-bond donors (Lipinski definition) is 2. The van der Waals surface area contributed by atoms with Crippen molar-refractivity contribution in [1.82, 2.24) is 5.32 Å². The van der Waals surface area contributed by atoms with E-state index in [9.17, 15) is 4.79 Å². The highest BCUT2D eigenvalue weighted by Crippen LogP contribution is 2.44. The third-order valence-corrected chi connectivity index (χ3v) is 5.39. The molecule has 0 atom stereocenters. The number of ether oxygens (including phenoxy) is 2. The normalized spacial score (nSPS) is 20.8. The van der Waals surface area contributed by atoms with Gasteiger partial charge in [-0.15, -0.1) is 0 Å². The lowest BCUT2D eigenvalue weighted by Crippen LogP contribution is -2.37. The van der Waals surface area contributed by atoms with Crippen LogP contribution in [0.15, 0.2) is 30.3 Å². The van der Waals surface area contributed by atoms with Crippen molar-refractivity contribution in [2.45, 2.75) is 57.7 Å². The molecule has 3 rings (SSSR count). The maximum atomic E-state index is 12.0. The quantitative estimate of drug-likeness (QED) is 0.596. The molecule has 5 nitrogen and oxygen atoms in total. The minimum atomic E-state index is -0.144. The van der Waals surface area contributed by atoms with E-state index < -0.39 is 0 Å². The summed E-state index contributed by atoms with van der Waals surface area (Å²) in [6.07, 6.45) is 9.43. The number of hydrogen-bond acceptors (Lipinski definition) is 3. The van der Waals surface area contributed by atoms with Gasteiger partial charge >= 0.3 is 6.03 Å². The Morgan fingerprint density at radius 1 is 1.04 bits per heavy atom. The molecule has 138 valence electrons. The lowest BCUT2D eigenvalue weighted by atomic mass is 9.75. The number of benzene rings is 1. The summed E-state index contributed by atoms with van der Waals surface area (Å²) in [5.41, 5.74) is 0.943. The minimum absolute atomic E-state index is 0.0521. The van der Waals surface area contributed by atoms with Crippen LogP contribution in [0.3, 0.4) is 0 Å². The van der Waals surface area contributed by atoms with Gasteiger partial charge in [-0.25, -0.2) is 4.79 Å². The largest absolute Gasteiger partial charge is 0.350 e. The van der Waals surface area contributed by atoms with Crippen LogP contribution in [0.25, 0.3) is 0 Å². The van der Waals surface area contributed by atoms with Crippen LogP contribution in [-0.2, 0) is 9.47 Å². The van der Waals surface area contributed by atoms with Gasteiger partial charge in [0.15, 0.2) is 6.29 Å². The molecule has 0 bridgehead atoms. The van der Waals surface area contributed by atoms with E-state index in [4.69, 9.17) is 9.47 Å². The minimum Gasteiger partial charge on any atom is -0.350 e. The summed E-state index contributed by atoms with van der Waals surface area (Å²) < 4.78 is 11.8. The number of anilines is 1. The van der Waals surface area contributed by atoms with Gasteiger partial charge in [-0.1, -0.05) is 43.9 Å². The van der Waals surface area contributed by atoms with E-state index >= 15 is 0 Å². The van der Waals surface area contributed by atoms with E-state index in [1.165, 1.54) is 38.5 Å². The average molecular weight is 346 g/mol. The van der Waals surface area contributed by atoms with Gasteiger partial charge in [0, 0.05) is 17.6 Å². The lowest BCUT2D eigenvalue weighted by molar-refractivity contribution is -0.143. The molecule has 0 radical (unpaired) electrons. The molecular formula is C20H30N2O3. The molecule has 1 aromatic rings. The Hall–Kier alpha value is -1.59. The molecule has 25 heavy (non-hydrogen) atoms. The molecule has 0 unspecified atom stereocenters. The van der Waals surface area contributed by atoms with Crippen LogP contribution in [0.5, 0.6) is 0 Å². The van der Waals surface area contributed by atoms with E-state index in [0.29, 0.717) is 19.8 Å². The van der Waals surface area contributed by atoms with E-state index in [2.05, 4.69) is 10.6 Å². The maximum Gasteiger partial charge on any atom is 0.319 e. The van der Waals surface area contributed by atoms with Crippen LogP contribution in [0.1, 0.15) is 51.4 Å². The summed E-state index contributed by atoms with van der Waals surface area (Å²) in [6, 6.07) is 9.38. The highest BCUT2D eigenvalue weighted by molar-refractivity contribution is 5.89. The molecule has 5 heteroatoms. The third kappa shape index (κ3) is 5.19. The Morgan fingerprint density at radius 3 is 2.40 bits per heavy atom. The SMILES string of the molecule is O=C(NCCCC1(C2OCCO2)CCCCCC1)Nc1ccccc1. The molecule has 0 aromatic heterocycles. The van der Waals surface area contributed by atoms with E-state index in [1.807, 2.05) is 30.3 Å². The van der Waals surface area contributed by atoms with Gasteiger partial charge in [0.05, 0.1) is 13.2 Å². The molecule has 2 amide bonds. The van der Waals surface area contributed by atoms with Crippen molar-refractivity contribution in [3.8, 4) is 0 Å². The average Bonchev–Trinajstić information content (AvgIpc) is 3.07. The Kier molecular flexibility index (Phi) is 6.70. The maximum absolute atomic E-state index is 12.0. The van der Waals surface area contributed by atoms with Gasteiger partial charge < -0.3 is 20.1 Å². The highest BCUT2D eigenvalue weighted by atomic mass is 16.7. The number of nitrogens with one attached hydrogen (secondary N) is 2. The number of amides is 2. The first-order valence-electron chi connectivity index (χ1n) is 9.62. The van der Waals surface area contributed by atoms with Crippen molar-refractivity contribution in [2.24, 2.45) is 5.41 Å². The van der Waals surface area contributed by atoms with Gasteiger partial charge in [0.2, 0.25) is 0 Å². The molecule has 1 saturated carbocycles. The molecule has 0 spiro atoms. The second-order valence-corrected chi connectivity index (χ2v) is 7.20. The fourth-order valence-electron chi connectivity index (χ4n) is 4.09. The van der Waals surface area contributed by atoms with E-state index in [-0.39, 0.29) is 17.7 Å². The first-order valence-corrected chi connectivity index (χ1v) is 9.62. The molecule has 2 aliphatic rings. The van der Waals surface area contributed by atoms with Crippen molar-refractivity contribution < 1.29 is 14.3 Å². The topological polar surface area (TPSA) is 59.6 Å². The summed E-state index contributed by atoms with van der Waals surface area (Å²) in [5, 5.41) is 5.82.